The van der Waals surface area contributed by atoms with Crippen LogP contribution in [-0.4, -0.2) is 24.9 Å². The third-order valence-corrected chi connectivity index (χ3v) is 4.29. The van der Waals surface area contributed by atoms with E-state index in [1.54, 1.807) is 24.3 Å². The van der Waals surface area contributed by atoms with Gasteiger partial charge in [-0.15, -0.1) is 0 Å². The van der Waals surface area contributed by atoms with Crippen molar-refractivity contribution >= 4 is 23.5 Å². The number of para-hydroxylation sites is 1. The van der Waals surface area contributed by atoms with Crippen LogP contribution in [0.1, 0.15) is 35.3 Å². The lowest BCUT2D eigenvalue weighted by Gasteiger charge is -2.23. The summed E-state index contributed by atoms with van der Waals surface area (Å²) in [4.78, 5) is 37.0. The number of carbonyl (C=O) groups is 3. The molecule has 2 aromatic rings. The van der Waals surface area contributed by atoms with Gasteiger partial charge < -0.3 is 15.4 Å². The molecule has 0 aliphatic rings. The van der Waals surface area contributed by atoms with Gasteiger partial charge in [-0.3, -0.25) is 9.59 Å². The number of nitrogens with one attached hydrogen (secondary N) is 2. The first-order chi connectivity index (χ1) is 12.8. The lowest BCUT2D eigenvalue weighted by molar-refractivity contribution is -0.138. The van der Waals surface area contributed by atoms with E-state index < -0.39 is 23.2 Å². The molecule has 27 heavy (non-hydrogen) atoms. The van der Waals surface area contributed by atoms with Crippen molar-refractivity contribution in [2.45, 2.75) is 27.3 Å². The number of benzene rings is 2. The summed E-state index contributed by atoms with van der Waals surface area (Å²) in [6.45, 7) is 5.39. The summed E-state index contributed by atoms with van der Waals surface area (Å²) in [6.07, 6.45) is 0. The van der Waals surface area contributed by atoms with Crippen LogP contribution in [-0.2, 0) is 20.9 Å². The van der Waals surface area contributed by atoms with Gasteiger partial charge in [0.1, 0.15) is 5.41 Å². The van der Waals surface area contributed by atoms with Crippen molar-refractivity contribution in [3.05, 3.63) is 65.2 Å². The van der Waals surface area contributed by atoms with E-state index in [4.69, 9.17) is 4.74 Å². The number of methoxy groups -OCH3 is 1. The molecule has 0 unspecified atom stereocenters. The number of rotatable bonds is 6. The average molecular weight is 368 g/mol. The summed E-state index contributed by atoms with van der Waals surface area (Å²) in [6, 6.07) is 14.3. The van der Waals surface area contributed by atoms with Gasteiger partial charge in [0, 0.05) is 6.54 Å². The van der Waals surface area contributed by atoms with Gasteiger partial charge in [0.25, 0.3) is 0 Å². The maximum absolute atomic E-state index is 12.7. The zero-order chi connectivity index (χ0) is 20.0. The van der Waals surface area contributed by atoms with Crippen molar-refractivity contribution in [3.63, 3.8) is 0 Å². The Bertz CT molecular complexity index is 842. The minimum absolute atomic E-state index is 0.226. The van der Waals surface area contributed by atoms with Crippen molar-refractivity contribution in [1.82, 2.24) is 5.32 Å². The second-order valence-corrected chi connectivity index (χ2v) is 6.78. The molecule has 0 aliphatic heterocycles. The summed E-state index contributed by atoms with van der Waals surface area (Å²) in [5.41, 5.74) is 1.28. The molecule has 0 aliphatic carbocycles. The Morgan fingerprint density at radius 2 is 1.59 bits per heavy atom. The standard InChI is InChI=1S/C21H24N2O4/c1-14-9-11-15(12-10-14)13-22-19(25)21(2,3)20(26)23-17-8-6-5-7-16(17)18(24)27-4/h5-12H,13H2,1-4H3,(H,22,25)(H,23,26). The summed E-state index contributed by atoms with van der Waals surface area (Å²) in [7, 11) is 1.27. The maximum atomic E-state index is 12.7. The van der Waals surface area contributed by atoms with Crippen molar-refractivity contribution in [3.8, 4) is 0 Å². The molecule has 0 spiro atoms. The quantitative estimate of drug-likeness (QED) is 0.606. The molecule has 2 N–H and O–H groups in total. The Labute approximate surface area is 158 Å². The molecule has 2 aromatic carbocycles. The smallest absolute Gasteiger partial charge is 0.339 e. The van der Waals surface area contributed by atoms with Crippen LogP contribution in [0.2, 0.25) is 0 Å². The van der Waals surface area contributed by atoms with Crippen LogP contribution in [0.3, 0.4) is 0 Å². The number of hydrogen-bond acceptors (Lipinski definition) is 4. The third kappa shape index (κ3) is 4.94. The zero-order valence-electron chi connectivity index (χ0n) is 16.0. The molecule has 0 bridgehead atoms. The van der Waals surface area contributed by atoms with Crippen molar-refractivity contribution in [1.29, 1.82) is 0 Å². The molecule has 0 saturated carbocycles. The first kappa shape index (κ1) is 20.2. The fourth-order valence-corrected chi connectivity index (χ4v) is 2.37. The summed E-state index contributed by atoms with van der Waals surface area (Å²) in [5.74, 6) is -1.48. The summed E-state index contributed by atoms with van der Waals surface area (Å²) >= 11 is 0. The molecule has 0 heterocycles. The van der Waals surface area contributed by atoms with Crippen LogP contribution in [0.5, 0.6) is 0 Å². The Hall–Kier alpha value is -3.15. The lowest BCUT2D eigenvalue weighted by atomic mass is 9.90. The van der Waals surface area contributed by atoms with E-state index in [0.29, 0.717) is 12.2 Å². The topological polar surface area (TPSA) is 84.5 Å². The van der Waals surface area contributed by atoms with Gasteiger partial charge >= 0.3 is 5.97 Å². The highest BCUT2D eigenvalue weighted by atomic mass is 16.5. The van der Waals surface area contributed by atoms with Gasteiger partial charge in [-0.2, -0.15) is 0 Å². The molecule has 0 aromatic heterocycles. The van der Waals surface area contributed by atoms with Crippen LogP contribution in [0, 0.1) is 12.3 Å². The second kappa shape index (κ2) is 8.49. The highest BCUT2D eigenvalue weighted by Gasteiger charge is 2.36. The molecule has 0 fully saturated rings. The van der Waals surface area contributed by atoms with Crippen LogP contribution in [0.25, 0.3) is 0 Å². The molecule has 6 heteroatoms. The minimum Gasteiger partial charge on any atom is -0.465 e. The fraction of sp³-hybridized carbons (Fsp3) is 0.286. The van der Waals surface area contributed by atoms with Gasteiger partial charge in [-0.25, -0.2) is 4.79 Å². The third-order valence-electron chi connectivity index (χ3n) is 4.29. The summed E-state index contributed by atoms with van der Waals surface area (Å²) < 4.78 is 4.72. The molecule has 2 rings (SSSR count). The van der Waals surface area contributed by atoms with E-state index in [1.807, 2.05) is 31.2 Å². The zero-order valence-corrected chi connectivity index (χ0v) is 16.0. The lowest BCUT2D eigenvalue weighted by Crippen LogP contribution is -2.45. The SMILES string of the molecule is COC(=O)c1ccccc1NC(=O)C(C)(C)C(=O)NCc1ccc(C)cc1. The van der Waals surface area contributed by atoms with Gasteiger partial charge in [0.2, 0.25) is 11.8 Å². The number of anilines is 1. The van der Waals surface area contributed by atoms with E-state index in [1.165, 1.54) is 21.0 Å². The Balaban J connectivity index is 2.07. The van der Waals surface area contributed by atoms with Crippen LogP contribution < -0.4 is 10.6 Å². The van der Waals surface area contributed by atoms with E-state index in [0.717, 1.165) is 11.1 Å². The fourth-order valence-electron chi connectivity index (χ4n) is 2.37. The number of aryl methyl sites for hydroxylation is 1. The predicted molar refractivity (Wildman–Crippen MR) is 103 cm³/mol. The van der Waals surface area contributed by atoms with E-state index in [2.05, 4.69) is 10.6 Å². The van der Waals surface area contributed by atoms with Crippen LogP contribution in [0.4, 0.5) is 5.69 Å². The Morgan fingerprint density at radius 1 is 0.963 bits per heavy atom. The van der Waals surface area contributed by atoms with Crippen molar-refractivity contribution < 1.29 is 19.1 Å². The first-order valence-corrected chi connectivity index (χ1v) is 8.58. The highest BCUT2D eigenvalue weighted by molar-refractivity contribution is 6.11. The molecule has 142 valence electrons. The van der Waals surface area contributed by atoms with Gasteiger partial charge in [0.15, 0.2) is 0 Å². The molecule has 2 amide bonds. The van der Waals surface area contributed by atoms with Crippen LogP contribution in [0.15, 0.2) is 48.5 Å². The molecule has 6 nitrogen and oxygen atoms in total. The number of hydrogen-bond donors (Lipinski definition) is 2. The highest BCUT2D eigenvalue weighted by Crippen LogP contribution is 2.22. The minimum atomic E-state index is -1.33. The van der Waals surface area contributed by atoms with Crippen molar-refractivity contribution in [2.75, 3.05) is 12.4 Å². The van der Waals surface area contributed by atoms with E-state index in [-0.39, 0.29) is 5.56 Å². The van der Waals surface area contributed by atoms with Crippen molar-refractivity contribution in [2.24, 2.45) is 5.41 Å². The number of ether oxygens (including phenoxy) is 1. The number of carbonyl (C=O) groups excluding carboxylic acids is 3. The van der Waals surface area contributed by atoms with Gasteiger partial charge in [-0.1, -0.05) is 42.0 Å². The molecule has 0 saturated heterocycles. The average Bonchev–Trinajstić information content (AvgIpc) is 2.67. The first-order valence-electron chi connectivity index (χ1n) is 8.58. The van der Waals surface area contributed by atoms with Gasteiger partial charge in [0.05, 0.1) is 18.4 Å². The van der Waals surface area contributed by atoms with E-state index in [9.17, 15) is 14.4 Å². The maximum Gasteiger partial charge on any atom is 0.339 e. The summed E-state index contributed by atoms with van der Waals surface area (Å²) in [5, 5.41) is 5.43. The molecular formula is C21H24N2O4. The van der Waals surface area contributed by atoms with Crippen LogP contribution >= 0.6 is 0 Å². The predicted octanol–water partition coefficient (Wildman–Crippen LogP) is 3.06. The largest absolute Gasteiger partial charge is 0.465 e. The number of amides is 2. The second-order valence-electron chi connectivity index (χ2n) is 6.78. The van der Waals surface area contributed by atoms with Gasteiger partial charge in [-0.05, 0) is 38.5 Å². The molecule has 0 radical (unpaired) electrons. The number of esters is 1. The Morgan fingerprint density at radius 3 is 2.22 bits per heavy atom. The molecular weight excluding hydrogens is 344 g/mol. The Kier molecular flexibility index (Phi) is 6.34. The normalized spacial score (nSPS) is 10.8. The molecule has 0 atom stereocenters. The monoisotopic (exact) mass is 368 g/mol. The van der Waals surface area contributed by atoms with E-state index >= 15 is 0 Å².